The highest BCUT2D eigenvalue weighted by Gasteiger charge is 2.16. The maximum atomic E-state index is 4.52. The standard InChI is InChI=1S/C11H18N2S/c1-8(2)6-12-10-13-9(7-14-10)11(3,4)5/h7H,1,6H2,2-5H3,(H,12,13). The summed E-state index contributed by atoms with van der Waals surface area (Å²) >= 11 is 1.66. The minimum Gasteiger partial charge on any atom is -0.358 e. The largest absolute Gasteiger partial charge is 0.358 e. The van der Waals surface area contributed by atoms with Gasteiger partial charge in [0, 0.05) is 17.3 Å². The molecule has 0 aliphatic heterocycles. The molecule has 0 amide bonds. The summed E-state index contributed by atoms with van der Waals surface area (Å²) in [6, 6.07) is 0. The van der Waals surface area contributed by atoms with Gasteiger partial charge in [-0.05, 0) is 6.92 Å². The number of anilines is 1. The highest BCUT2D eigenvalue weighted by molar-refractivity contribution is 7.13. The molecule has 0 unspecified atom stereocenters. The second-order valence-electron chi connectivity index (χ2n) is 4.60. The lowest BCUT2D eigenvalue weighted by Crippen LogP contribution is -2.11. The third kappa shape index (κ3) is 3.14. The van der Waals surface area contributed by atoms with Crippen LogP contribution in [0.2, 0.25) is 0 Å². The van der Waals surface area contributed by atoms with Crippen LogP contribution in [0.3, 0.4) is 0 Å². The van der Waals surface area contributed by atoms with Gasteiger partial charge in [-0.15, -0.1) is 11.3 Å². The Morgan fingerprint density at radius 1 is 1.57 bits per heavy atom. The molecule has 2 nitrogen and oxygen atoms in total. The predicted octanol–water partition coefficient (Wildman–Crippen LogP) is 3.43. The molecule has 78 valence electrons. The van der Waals surface area contributed by atoms with E-state index in [-0.39, 0.29) is 5.41 Å². The fraction of sp³-hybridized carbons (Fsp3) is 0.545. The normalized spacial score (nSPS) is 11.4. The number of rotatable bonds is 3. The van der Waals surface area contributed by atoms with E-state index in [2.05, 4.69) is 43.0 Å². The number of nitrogens with zero attached hydrogens (tertiary/aromatic N) is 1. The van der Waals surface area contributed by atoms with E-state index in [0.29, 0.717) is 0 Å². The van der Waals surface area contributed by atoms with Gasteiger partial charge in [0.2, 0.25) is 0 Å². The van der Waals surface area contributed by atoms with E-state index < -0.39 is 0 Å². The summed E-state index contributed by atoms with van der Waals surface area (Å²) in [5, 5.41) is 6.34. The molecule has 1 rings (SSSR count). The summed E-state index contributed by atoms with van der Waals surface area (Å²) < 4.78 is 0. The third-order valence-corrected chi connectivity index (χ3v) is 2.61. The average Bonchev–Trinajstić information content (AvgIpc) is 2.47. The lowest BCUT2D eigenvalue weighted by molar-refractivity contribution is 0.573. The molecular weight excluding hydrogens is 192 g/mol. The number of thiazole rings is 1. The molecule has 1 heterocycles. The van der Waals surface area contributed by atoms with Crippen molar-refractivity contribution in [1.82, 2.24) is 4.98 Å². The van der Waals surface area contributed by atoms with Gasteiger partial charge in [0.15, 0.2) is 5.13 Å². The van der Waals surface area contributed by atoms with Crippen molar-refractivity contribution in [2.75, 3.05) is 11.9 Å². The zero-order valence-electron chi connectivity index (χ0n) is 9.35. The Hall–Kier alpha value is -0.830. The Morgan fingerprint density at radius 2 is 2.21 bits per heavy atom. The minimum absolute atomic E-state index is 0.139. The van der Waals surface area contributed by atoms with Gasteiger partial charge < -0.3 is 5.32 Å². The molecule has 0 aliphatic rings. The van der Waals surface area contributed by atoms with Crippen LogP contribution in [0.4, 0.5) is 5.13 Å². The third-order valence-electron chi connectivity index (χ3n) is 1.81. The zero-order valence-corrected chi connectivity index (χ0v) is 10.2. The van der Waals surface area contributed by atoms with Gasteiger partial charge >= 0.3 is 0 Å². The summed E-state index contributed by atoms with van der Waals surface area (Å²) in [4.78, 5) is 4.52. The van der Waals surface area contributed by atoms with Crippen LogP contribution >= 0.6 is 11.3 Å². The molecule has 0 aliphatic carbocycles. The Bertz CT molecular complexity index is 320. The van der Waals surface area contributed by atoms with Crippen molar-refractivity contribution in [2.45, 2.75) is 33.1 Å². The number of aromatic nitrogens is 1. The molecule has 0 atom stereocenters. The summed E-state index contributed by atoms with van der Waals surface area (Å²) in [5.74, 6) is 0. The van der Waals surface area contributed by atoms with Crippen LogP contribution in [0.25, 0.3) is 0 Å². The second-order valence-corrected chi connectivity index (χ2v) is 5.46. The fourth-order valence-electron chi connectivity index (χ4n) is 0.926. The average molecular weight is 210 g/mol. The van der Waals surface area contributed by atoms with Crippen molar-refractivity contribution in [1.29, 1.82) is 0 Å². The van der Waals surface area contributed by atoms with E-state index in [1.165, 1.54) is 0 Å². The smallest absolute Gasteiger partial charge is 0.183 e. The Morgan fingerprint density at radius 3 is 2.64 bits per heavy atom. The van der Waals surface area contributed by atoms with E-state index >= 15 is 0 Å². The maximum absolute atomic E-state index is 4.52. The first kappa shape index (κ1) is 11.2. The molecule has 0 radical (unpaired) electrons. The fourth-order valence-corrected chi connectivity index (χ4v) is 1.86. The van der Waals surface area contributed by atoms with Gasteiger partial charge in [-0.3, -0.25) is 0 Å². The Balaban J connectivity index is 2.64. The second kappa shape index (κ2) is 4.13. The monoisotopic (exact) mass is 210 g/mol. The van der Waals surface area contributed by atoms with Crippen LogP contribution in [0, 0.1) is 0 Å². The van der Waals surface area contributed by atoms with Gasteiger partial charge in [0.25, 0.3) is 0 Å². The molecule has 14 heavy (non-hydrogen) atoms. The van der Waals surface area contributed by atoms with Crippen molar-refractivity contribution in [3.63, 3.8) is 0 Å². The van der Waals surface area contributed by atoms with Crippen LogP contribution in [0.15, 0.2) is 17.5 Å². The van der Waals surface area contributed by atoms with Crippen molar-refractivity contribution in [2.24, 2.45) is 0 Å². The van der Waals surface area contributed by atoms with Gasteiger partial charge in [-0.2, -0.15) is 0 Å². The van der Waals surface area contributed by atoms with Crippen molar-refractivity contribution < 1.29 is 0 Å². The van der Waals surface area contributed by atoms with E-state index in [1.807, 2.05) is 6.92 Å². The molecule has 3 heteroatoms. The Kier molecular flexibility index (Phi) is 3.32. The minimum atomic E-state index is 0.139. The molecule has 0 aromatic carbocycles. The first-order valence-electron chi connectivity index (χ1n) is 4.74. The molecule has 1 aromatic heterocycles. The number of nitrogens with one attached hydrogen (secondary N) is 1. The summed E-state index contributed by atoms with van der Waals surface area (Å²) in [7, 11) is 0. The quantitative estimate of drug-likeness (QED) is 0.773. The van der Waals surface area contributed by atoms with Crippen LogP contribution in [-0.4, -0.2) is 11.5 Å². The van der Waals surface area contributed by atoms with E-state index in [4.69, 9.17) is 0 Å². The topological polar surface area (TPSA) is 24.9 Å². The van der Waals surface area contributed by atoms with Gasteiger partial charge in [0.05, 0.1) is 5.69 Å². The molecule has 1 N–H and O–H groups in total. The lowest BCUT2D eigenvalue weighted by atomic mass is 9.93. The SMILES string of the molecule is C=C(C)CNc1nc(C(C)(C)C)cs1. The molecule has 1 aromatic rings. The molecule has 0 bridgehead atoms. The predicted molar refractivity (Wildman–Crippen MR) is 64.1 cm³/mol. The first-order chi connectivity index (χ1) is 6.39. The van der Waals surface area contributed by atoms with Crippen molar-refractivity contribution in [3.8, 4) is 0 Å². The van der Waals surface area contributed by atoms with Crippen molar-refractivity contribution in [3.05, 3.63) is 23.2 Å². The molecule has 0 saturated heterocycles. The molecule has 0 spiro atoms. The van der Waals surface area contributed by atoms with Crippen LogP contribution < -0.4 is 5.32 Å². The first-order valence-corrected chi connectivity index (χ1v) is 5.62. The van der Waals surface area contributed by atoms with E-state index in [9.17, 15) is 0 Å². The highest BCUT2D eigenvalue weighted by Crippen LogP contribution is 2.26. The van der Waals surface area contributed by atoms with Crippen LogP contribution in [-0.2, 0) is 5.41 Å². The summed E-state index contributed by atoms with van der Waals surface area (Å²) in [6.07, 6.45) is 0. The van der Waals surface area contributed by atoms with Gasteiger partial charge in [0.1, 0.15) is 0 Å². The molecular formula is C11H18N2S. The van der Waals surface area contributed by atoms with Gasteiger partial charge in [-0.25, -0.2) is 4.98 Å². The van der Waals surface area contributed by atoms with Crippen molar-refractivity contribution >= 4 is 16.5 Å². The number of hydrogen-bond acceptors (Lipinski definition) is 3. The molecule has 0 fully saturated rings. The van der Waals surface area contributed by atoms with E-state index in [1.54, 1.807) is 11.3 Å². The summed E-state index contributed by atoms with van der Waals surface area (Å²) in [6.45, 7) is 13.2. The highest BCUT2D eigenvalue weighted by atomic mass is 32.1. The zero-order chi connectivity index (χ0) is 10.8. The summed E-state index contributed by atoms with van der Waals surface area (Å²) in [5.41, 5.74) is 2.41. The molecule has 0 saturated carbocycles. The van der Waals surface area contributed by atoms with Gasteiger partial charge in [-0.1, -0.05) is 32.9 Å². The number of hydrogen-bond donors (Lipinski definition) is 1. The van der Waals surface area contributed by atoms with Crippen LogP contribution in [0.5, 0.6) is 0 Å². The van der Waals surface area contributed by atoms with E-state index in [0.717, 1.165) is 22.9 Å². The maximum Gasteiger partial charge on any atom is 0.183 e. The Labute approximate surface area is 90.1 Å². The lowest BCUT2D eigenvalue weighted by Gasteiger charge is -2.14. The van der Waals surface area contributed by atoms with Crippen LogP contribution in [0.1, 0.15) is 33.4 Å².